The van der Waals surface area contributed by atoms with Gasteiger partial charge in [-0.1, -0.05) is 26.2 Å². The van der Waals surface area contributed by atoms with Crippen molar-refractivity contribution in [2.24, 2.45) is 17.6 Å². The van der Waals surface area contributed by atoms with Gasteiger partial charge in [0.1, 0.15) is 11.6 Å². The zero-order valence-electron chi connectivity index (χ0n) is 11.9. The minimum absolute atomic E-state index is 0.352. The van der Waals surface area contributed by atoms with Crippen LogP contribution < -0.4 is 5.73 Å². The zero-order valence-corrected chi connectivity index (χ0v) is 12.8. The van der Waals surface area contributed by atoms with Crippen LogP contribution in [0.5, 0.6) is 0 Å². The Morgan fingerprint density at radius 1 is 1.30 bits per heavy atom. The monoisotopic (exact) mass is 299 g/mol. The van der Waals surface area contributed by atoms with Gasteiger partial charge in [-0.25, -0.2) is 8.78 Å². The third-order valence-corrected chi connectivity index (χ3v) is 5.67. The molecule has 112 valence electrons. The maximum absolute atomic E-state index is 13.8. The summed E-state index contributed by atoms with van der Waals surface area (Å²) in [5, 5.41) is 0.352. The number of nitrogens with two attached hydrogens (primary N) is 1. The maximum Gasteiger partial charge on any atom is 0.139 e. The first kappa shape index (κ1) is 15.8. The molecule has 2 N–H and O–H groups in total. The molecule has 0 amide bonds. The Labute approximate surface area is 124 Å². The Bertz CT molecular complexity index is 438. The molecule has 2 rings (SSSR count). The van der Waals surface area contributed by atoms with Crippen molar-refractivity contribution >= 4 is 11.8 Å². The summed E-state index contributed by atoms with van der Waals surface area (Å²) in [6, 6.07) is 3.84. The van der Waals surface area contributed by atoms with Gasteiger partial charge in [0.05, 0.1) is 0 Å². The van der Waals surface area contributed by atoms with Gasteiger partial charge >= 0.3 is 0 Å². The molecule has 0 heterocycles. The summed E-state index contributed by atoms with van der Waals surface area (Å²) in [7, 11) is 0. The Kier molecular flexibility index (Phi) is 5.85. The molecule has 0 aromatic heterocycles. The van der Waals surface area contributed by atoms with Crippen LogP contribution in [0.25, 0.3) is 0 Å². The molecule has 1 aromatic carbocycles. The Hall–Kier alpha value is -0.610. The SMILES string of the molecule is CCCC1CCC(CN)C(Sc2ccc(F)cc2F)C1. The molecule has 1 saturated carbocycles. The van der Waals surface area contributed by atoms with Gasteiger partial charge in [-0.15, -0.1) is 11.8 Å². The highest BCUT2D eigenvalue weighted by atomic mass is 32.2. The van der Waals surface area contributed by atoms with Gasteiger partial charge in [0.2, 0.25) is 0 Å². The molecule has 4 heteroatoms. The van der Waals surface area contributed by atoms with Gasteiger partial charge in [0.15, 0.2) is 0 Å². The lowest BCUT2D eigenvalue weighted by Crippen LogP contribution is -2.32. The van der Waals surface area contributed by atoms with Crippen LogP contribution in [0, 0.1) is 23.5 Å². The summed E-state index contributed by atoms with van der Waals surface area (Å²) < 4.78 is 26.8. The van der Waals surface area contributed by atoms with E-state index in [2.05, 4.69) is 6.92 Å². The summed E-state index contributed by atoms with van der Waals surface area (Å²) in [6.07, 6.45) is 5.89. The van der Waals surface area contributed by atoms with Gasteiger partial charge in [0, 0.05) is 16.2 Å². The van der Waals surface area contributed by atoms with Crippen molar-refractivity contribution < 1.29 is 8.78 Å². The van der Waals surface area contributed by atoms with Gasteiger partial charge in [-0.05, 0) is 43.4 Å². The van der Waals surface area contributed by atoms with Gasteiger partial charge < -0.3 is 5.73 Å². The molecule has 1 nitrogen and oxygen atoms in total. The van der Waals surface area contributed by atoms with E-state index in [1.54, 1.807) is 17.8 Å². The molecule has 1 fully saturated rings. The van der Waals surface area contributed by atoms with Crippen LogP contribution in [-0.2, 0) is 0 Å². The third kappa shape index (κ3) is 3.95. The van der Waals surface area contributed by atoms with Crippen molar-refractivity contribution in [2.75, 3.05) is 6.54 Å². The van der Waals surface area contributed by atoms with Crippen LogP contribution in [0.3, 0.4) is 0 Å². The Balaban J connectivity index is 2.07. The third-order valence-electron chi connectivity index (χ3n) is 4.21. The second kappa shape index (κ2) is 7.41. The first-order valence-corrected chi connectivity index (χ1v) is 8.33. The van der Waals surface area contributed by atoms with E-state index in [-0.39, 0.29) is 0 Å². The van der Waals surface area contributed by atoms with Crippen molar-refractivity contribution in [1.82, 2.24) is 0 Å². The lowest BCUT2D eigenvalue weighted by Gasteiger charge is -2.35. The van der Waals surface area contributed by atoms with Crippen LogP contribution >= 0.6 is 11.8 Å². The topological polar surface area (TPSA) is 26.0 Å². The van der Waals surface area contributed by atoms with E-state index in [4.69, 9.17) is 5.73 Å². The van der Waals surface area contributed by atoms with Crippen LogP contribution in [0.4, 0.5) is 8.78 Å². The quantitative estimate of drug-likeness (QED) is 0.860. The fraction of sp³-hybridized carbons (Fsp3) is 0.625. The van der Waals surface area contributed by atoms with Gasteiger partial charge in [0.25, 0.3) is 0 Å². The van der Waals surface area contributed by atoms with E-state index >= 15 is 0 Å². The van der Waals surface area contributed by atoms with Crippen LogP contribution in [0.2, 0.25) is 0 Å². The van der Waals surface area contributed by atoms with Crippen molar-refractivity contribution in [3.05, 3.63) is 29.8 Å². The number of halogens is 2. The Morgan fingerprint density at radius 3 is 2.75 bits per heavy atom. The van der Waals surface area contributed by atoms with Crippen molar-refractivity contribution in [3.63, 3.8) is 0 Å². The standard InChI is InChI=1S/C16H23F2NS/c1-2-3-11-4-5-12(10-19)16(8-11)20-15-7-6-13(17)9-14(15)18/h6-7,9,11-12,16H,2-5,8,10,19H2,1H3. The predicted octanol–water partition coefficient (Wildman–Crippen LogP) is 4.60. The van der Waals surface area contributed by atoms with E-state index in [9.17, 15) is 8.78 Å². The number of hydrogen-bond donors (Lipinski definition) is 1. The average molecular weight is 299 g/mol. The first-order chi connectivity index (χ1) is 9.63. The number of hydrogen-bond acceptors (Lipinski definition) is 2. The van der Waals surface area contributed by atoms with Crippen molar-refractivity contribution in [2.45, 2.75) is 49.2 Å². The summed E-state index contributed by atoms with van der Waals surface area (Å²) >= 11 is 1.54. The molecule has 0 bridgehead atoms. The lowest BCUT2D eigenvalue weighted by atomic mass is 9.80. The molecule has 1 aliphatic rings. The predicted molar refractivity (Wildman–Crippen MR) is 80.8 cm³/mol. The highest BCUT2D eigenvalue weighted by Crippen LogP contribution is 2.41. The highest BCUT2D eigenvalue weighted by Gasteiger charge is 2.30. The summed E-state index contributed by atoms with van der Waals surface area (Å²) in [4.78, 5) is 0.548. The molecule has 20 heavy (non-hydrogen) atoms. The normalized spacial score (nSPS) is 26.7. The molecule has 0 saturated heterocycles. The second-order valence-electron chi connectivity index (χ2n) is 5.69. The maximum atomic E-state index is 13.8. The molecule has 1 aromatic rings. The van der Waals surface area contributed by atoms with Gasteiger partial charge in [-0.2, -0.15) is 0 Å². The summed E-state index contributed by atoms with van der Waals surface area (Å²) in [5.74, 6) is 0.194. The molecule has 0 aliphatic heterocycles. The minimum atomic E-state index is -0.519. The fourth-order valence-corrected chi connectivity index (χ4v) is 4.55. The Morgan fingerprint density at radius 2 is 2.10 bits per heavy atom. The van der Waals surface area contributed by atoms with Crippen LogP contribution in [-0.4, -0.2) is 11.8 Å². The number of thioether (sulfide) groups is 1. The van der Waals surface area contributed by atoms with E-state index < -0.39 is 11.6 Å². The zero-order chi connectivity index (χ0) is 14.5. The van der Waals surface area contributed by atoms with E-state index in [0.29, 0.717) is 22.6 Å². The molecular weight excluding hydrogens is 276 g/mol. The smallest absolute Gasteiger partial charge is 0.139 e. The molecule has 0 spiro atoms. The largest absolute Gasteiger partial charge is 0.330 e. The van der Waals surface area contributed by atoms with E-state index in [0.717, 1.165) is 24.8 Å². The number of rotatable bonds is 5. The van der Waals surface area contributed by atoms with Crippen LogP contribution in [0.15, 0.2) is 23.1 Å². The van der Waals surface area contributed by atoms with Crippen molar-refractivity contribution in [3.8, 4) is 0 Å². The average Bonchev–Trinajstić information content (AvgIpc) is 2.43. The van der Waals surface area contributed by atoms with Crippen molar-refractivity contribution in [1.29, 1.82) is 0 Å². The molecular formula is C16H23F2NS. The minimum Gasteiger partial charge on any atom is -0.330 e. The summed E-state index contributed by atoms with van der Waals surface area (Å²) in [6.45, 7) is 2.86. The van der Waals surface area contributed by atoms with E-state index in [1.807, 2.05) is 0 Å². The van der Waals surface area contributed by atoms with Gasteiger partial charge in [-0.3, -0.25) is 0 Å². The number of benzene rings is 1. The lowest BCUT2D eigenvalue weighted by molar-refractivity contribution is 0.276. The highest BCUT2D eigenvalue weighted by molar-refractivity contribution is 8.00. The fourth-order valence-electron chi connectivity index (χ4n) is 3.09. The van der Waals surface area contributed by atoms with Crippen LogP contribution in [0.1, 0.15) is 39.0 Å². The second-order valence-corrected chi connectivity index (χ2v) is 6.98. The molecule has 0 radical (unpaired) electrons. The van der Waals surface area contributed by atoms with E-state index in [1.165, 1.54) is 25.3 Å². The molecule has 3 atom stereocenters. The first-order valence-electron chi connectivity index (χ1n) is 7.45. The molecule has 3 unspecified atom stereocenters. The molecule has 1 aliphatic carbocycles. The summed E-state index contributed by atoms with van der Waals surface area (Å²) in [5.41, 5.74) is 5.86.